The molecule has 1 aliphatic rings. The van der Waals surface area contributed by atoms with Gasteiger partial charge in [0, 0.05) is 25.5 Å². The minimum atomic E-state index is -4.10. The molecule has 0 aliphatic carbocycles. The molecule has 0 bridgehead atoms. The lowest BCUT2D eigenvalue weighted by Crippen LogP contribution is -2.51. The van der Waals surface area contributed by atoms with Crippen LogP contribution in [0.2, 0.25) is 0 Å². The van der Waals surface area contributed by atoms with E-state index in [1.165, 1.54) is 18.3 Å². The molecule has 4 rings (SSSR count). The van der Waals surface area contributed by atoms with Crippen LogP contribution in [0.25, 0.3) is 10.2 Å². The third-order valence-corrected chi connectivity index (χ3v) is 10.7. The molecule has 0 saturated carbocycles. The molecule has 14 heteroatoms. The van der Waals surface area contributed by atoms with Gasteiger partial charge in [-0.25, -0.2) is 18.1 Å². The highest BCUT2D eigenvalue weighted by Crippen LogP contribution is 2.43. The molecule has 5 N–H and O–H groups in total. The van der Waals surface area contributed by atoms with Crippen LogP contribution in [0.4, 0.5) is 0 Å². The summed E-state index contributed by atoms with van der Waals surface area (Å²) < 4.78 is 36.2. The molecule has 12 nitrogen and oxygen atoms in total. The molecule has 3 aromatic rings. The standard InChI is InChI=1S/C32H42N6O6S2/c1-8-22(35-20(5)39)29(41)36-24(26(40)30-37-23-12-9-10-14-25(23)45-30)13-11-15-34-31(33)38-46(42,43)28-18(3)17(2)27-21(19(28)4)16-32(6,7)44-27/h9-10,12,14,22,24H,8,11,13,15-16H2,1-7H3,(H,35,39)(H,36,41)(H3,33,34,38). The zero-order valence-electron chi connectivity index (χ0n) is 27.2. The third-order valence-electron chi connectivity index (χ3n) is 8.01. The number of ketones is 1. The molecular formula is C32H42N6O6S2. The molecule has 0 saturated heterocycles. The maximum atomic E-state index is 13.6. The van der Waals surface area contributed by atoms with Crippen molar-refractivity contribution in [3.63, 3.8) is 0 Å². The first-order chi connectivity index (χ1) is 21.5. The van der Waals surface area contributed by atoms with Crippen LogP contribution in [0.15, 0.2) is 29.2 Å². The van der Waals surface area contributed by atoms with Gasteiger partial charge in [0.2, 0.25) is 23.6 Å². The van der Waals surface area contributed by atoms with Gasteiger partial charge < -0.3 is 20.7 Å². The summed E-state index contributed by atoms with van der Waals surface area (Å²) >= 11 is 1.23. The van der Waals surface area contributed by atoms with Crippen LogP contribution in [0.3, 0.4) is 0 Å². The van der Waals surface area contributed by atoms with Crippen molar-refractivity contribution in [3.05, 3.63) is 51.5 Å². The van der Waals surface area contributed by atoms with Crippen LogP contribution in [-0.2, 0) is 26.0 Å². The number of benzene rings is 2. The molecule has 248 valence electrons. The van der Waals surface area contributed by atoms with Crippen LogP contribution in [0.5, 0.6) is 5.75 Å². The van der Waals surface area contributed by atoms with Crippen molar-refractivity contribution in [2.24, 2.45) is 0 Å². The van der Waals surface area contributed by atoms with Gasteiger partial charge in [0.05, 0.1) is 21.2 Å². The minimum absolute atomic E-state index is 0.130. The highest BCUT2D eigenvalue weighted by molar-refractivity contribution is 7.90. The quantitative estimate of drug-likeness (QED) is 0.0836. The Kier molecular flexibility index (Phi) is 10.4. The second-order valence-corrected chi connectivity index (χ2v) is 14.8. The van der Waals surface area contributed by atoms with Crippen molar-refractivity contribution in [1.29, 1.82) is 5.41 Å². The molecule has 1 aliphatic heterocycles. The van der Waals surface area contributed by atoms with E-state index in [0.717, 1.165) is 21.6 Å². The number of rotatable bonds is 12. The third kappa shape index (κ3) is 7.66. The SMILES string of the molecule is CCC(NC(C)=O)C(=O)NC(CCCNC(=N)NS(=O)(=O)c1c(C)c(C)c2c(c1C)CC(C)(C)O2)C(=O)c1nc2ccccc2s1. The fraction of sp³-hybridized carbons (Fsp3) is 0.469. The maximum Gasteiger partial charge on any atom is 0.264 e. The lowest BCUT2D eigenvalue weighted by molar-refractivity contribution is -0.128. The number of carbonyl (C=O) groups is 3. The van der Waals surface area contributed by atoms with E-state index in [0.29, 0.717) is 35.9 Å². The summed E-state index contributed by atoms with van der Waals surface area (Å²) in [4.78, 5) is 42.7. The van der Waals surface area contributed by atoms with Gasteiger partial charge in [0.1, 0.15) is 17.4 Å². The molecule has 2 unspecified atom stereocenters. The smallest absolute Gasteiger partial charge is 0.264 e. The molecule has 2 aromatic carbocycles. The van der Waals surface area contributed by atoms with Gasteiger partial charge in [-0.05, 0) is 82.7 Å². The monoisotopic (exact) mass is 670 g/mol. The Hall–Kier alpha value is -4.04. The molecule has 0 radical (unpaired) electrons. The van der Waals surface area contributed by atoms with Crippen molar-refractivity contribution < 1.29 is 27.5 Å². The number of amides is 2. The summed E-state index contributed by atoms with van der Waals surface area (Å²) in [6.45, 7) is 12.5. The van der Waals surface area contributed by atoms with Crippen molar-refractivity contribution in [2.45, 2.75) is 96.7 Å². The fourth-order valence-electron chi connectivity index (χ4n) is 5.65. The first-order valence-electron chi connectivity index (χ1n) is 15.2. The Bertz CT molecular complexity index is 1770. The number of sulfonamides is 1. The fourth-order valence-corrected chi connectivity index (χ4v) is 8.14. The average molecular weight is 671 g/mol. The Labute approximate surface area is 273 Å². The number of thiazole rings is 1. The molecule has 0 fully saturated rings. The van der Waals surface area contributed by atoms with E-state index in [1.54, 1.807) is 26.8 Å². The number of para-hydroxylation sites is 1. The van der Waals surface area contributed by atoms with E-state index < -0.39 is 39.6 Å². The first-order valence-corrected chi connectivity index (χ1v) is 17.5. The number of nitrogens with one attached hydrogen (secondary N) is 5. The molecule has 2 heterocycles. The molecule has 2 atom stereocenters. The normalized spacial score (nSPS) is 14.9. The number of ether oxygens (including phenoxy) is 1. The Morgan fingerprint density at radius 2 is 1.76 bits per heavy atom. The Balaban J connectivity index is 1.43. The maximum absolute atomic E-state index is 13.6. The Morgan fingerprint density at radius 1 is 1.07 bits per heavy atom. The predicted molar refractivity (Wildman–Crippen MR) is 178 cm³/mol. The van der Waals surface area contributed by atoms with Gasteiger partial charge in [-0.1, -0.05) is 19.1 Å². The van der Waals surface area contributed by atoms with E-state index in [9.17, 15) is 22.8 Å². The Morgan fingerprint density at radius 3 is 2.41 bits per heavy atom. The van der Waals surface area contributed by atoms with Gasteiger partial charge in [-0.2, -0.15) is 0 Å². The molecule has 1 aromatic heterocycles. The van der Waals surface area contributed by atoms with Gasteiger partial charge in [-0.3, -0.25) is 19.8 Å². The number of guanidine groups is 1. The van der Waals surface area contributed by atoms with Crippen molar-refractivity contribution in [3.8, 4) is 5.75 Å². The lowest BCUT2D eigenvalue weighted by Gasteiger charge is -2.21. The van der Waals surface area contributed by atoms with Crippen LogP contribution in [0, 0.1) is 26.2 Å². The van der Waals surface area contributed by atoms with Gasteiger partial charge >= 0.3 is 0 Å². The average Bonchev–Trinajstić information content (AvgIpc) is 3.56. The van der Waals surface area contributed by atoms with E-state index >= 15 is 0 Å². The van der Waals surface area contributed by atoms with E-state index in [4.69, 9.17) is 10.1 Å². The molecule has 46 heavy (non-hydrogen) atoms. The number of fused-ring (bicyclic) bond motifs is 2. The summed E-state index contributed by atoms with van der Waals surface area (Å²) in [6, 6.07) is 5.59. The summed E-state index contributed by atoms with van der Waals surface area (Å²) in [5.41, 5.74) is 2.99. The van der Waals surface area contributed by atoms with E-state index in [1.807, 2.05) is 39.0 Å². The summed E-state index contributed by atoms with van der Waals surface area (Å²) in [7, 11) is -4.10. The van der Waals surface area contributed by atoms with Gasteiger partial charge in [0.15, 0.2) is 5.01 Å². The zero-order valence-corrected chi connectivity index (χ0v) is 28.8. The summed E-state index contributed by atoms with van der Waals surface area (Å²) in [6.07, 6.45) is 1.40. The predicted octanol–water partition coefficient (Wildman–Crippen LogP) is 3.80. The summed E-state index contributed by atoms with van der Waals surface area (Å²) in [5, 5.41) is 16.7. The zero-order chi connectivity index (χ0) is 34.0. The molecule has 2 amide bonds. The van der Waals surface area contributed by atoms with Crippen molar-refractivity contribution in [2.75, 3.05) is 6.54 Å². The van der Waals surface area contributed by atoms with E-state index in [-0.39, 0.29) is 34.6 Å². The van der Waals surface area contributed by atoms with Crippen LogP contribution in [0.1, 0.15) is 79.0 Å². The van der Waals surface area contributed by atoms with Gasteiger partial charge in [-0.15, -0.1) is 11.3 Å². The first kappa shape index (κ1) is 34.8. The van der Waals surface area contributed by atoms with Crippen molar-refractivity contribution in [1.82, 2.24) is 25.7 Å². The second kappa shape index (κ2) is 13.8. The summed E-state index contributed by atoms with van der Waals surface area (Å²) in [5.74, 6) is -0.915. The number of hydrogen-bond acceptors (Lipinski definition) is 9. The van der Waals surface area contributed by atoms with Gasteiger partial charge in [0.25, 0.3) is 10.0 Å². The number of nitrogens with zero attached hydrogens (tertiary/aromatic N) is 1. The highest BCUT2D eigenvalue weighted by atomic mass is 32.2. The number of Topliss-reactive ketones (excluding diaryl/α,β-unsaturated/α-hetero) is 1. The lowest BCUT2D eigenvalue weighted by atomic mass is 9.94. The largest absolute Gasteiger partial charge is 0.487 e. The molecule has 0 spiro atoms. The topological polar surface area (TPSA) is 179 Å². The number of hydrogen-bond donors (Lipinski definition) is 5. The second-order valence-electron chi connectivity index (χ2n) is 12.2. The molecular weight excluding hydrogens is 629 g/mol. The number of aromatic nitrogens is 1. The minimum Gasteiger partial charge on any atom is -0.487 e. The van der Waals surface area contributed by atoms with E-state index in [2.05, 4.69) is 25.7 Å². The van der Waals surface area contributed by atoms with Crippen LogP contribution >= 0.6 is 11.3 Å². The highest BCUT2D eigenvalue weighted by Gasteiger charge is 2.37. The van der Waals surface area contributed by atoms with Crippen LogP contribution in [-0.4, -0.2) is 61.2 Å². The van der Waals surface area contributed by atoms with Crippen LogP contribution < -0.4 is 25.4 Å². The van der Waals surface area contributed by atoms with Crippen molar-refractivity contribution >= 4 is 55.1 Å². The number of carbonyl (C=O) groups excluding carboxylic acids is 3.